The Balaban J connectivity index is 2.91. The first kappa shape index (κ1) is 22.1. The maximum absolute atomic E-state index is 13.5. The molecule has 0 fully saturated rings. The first-order valence-electron chi connectivity index (χ1n) is 7.68. The number of hydrogen-bond donors (Lipinski definition) is 0. The summed E-state index contributed by atoms with van der Waals surface area (Å²) in [5.74, 6) is -1.28. The summed E-state index contributed by atoms with van der Waals surface area (Å²) in [7, 11) is -4.26. The summed E-state index contributed by atoms with van der Waals surface area (Å²) < 4.78 is 69.4. The van der Waals surface area contributed by atoms with Crippen molar-refractivity contribution in [1.29, 1.82) is 5.26 Å². The third-order valence-electron chi connectivity index (χ3n) is 3.58. The van der Waals surface area contributed by atoms with E-state index in [2.05, 4.69) is 0 Å². The molecule has 10 heteroatoms. The largest absolute Gasteiger partial charge is 0.417 e. The number of allylic oxidation sites excluding steroid dienone is 1. The van der Waals surface area contributed by atoms with Gasteiger partial charge in [-0.1, -0.05) is 47.5 Å². The predicted octanol–water partition coefficient (Wildman–Crippen LogP) is 5.77. The first-order chi connectivity index (χ1) is 13.0. The monoisotopic (exact) mass is 449 g/mol. The van der Waals surface area contributed by atoms with Gasteiger partial charge in [0.15, 0.2) is 5.76 Å². The molecule has 0 saturated carbocycles. The van der Waals surface area contributed by atoms with Crippen LogP contribution in [0.4, 0.5) is 13.2 Å². The van der Waals surface area contributed by atoms with Gasteiger partial charge in [-0.15, -0.1) is 0 Å². The fourth-order valence-electron chi connectivity index (χ4n) is 2.26. The number of benzene rings is 2. The average Bonchev–Trinajstić information content (AvgIpc) is 2.62. The SMILES string of the molecule is CCS(=O)(=O)O/C(=C(\C#N)c1ccc(Cl)cc1Cl)c1ccccc1C(F)(F)F. The molecule has 0 unspecified atom stereocenters. The minimum Gasteiger partial charge on any atom is -0.380 e. The van der Waals surface area contributed by atoms with Crippen molar-refractivity contribution in [3.8, 4) is 6.07 Å². The zero-order valence-corrected chi connectivity index (χ0v) is 16.5. The molecule has 0 aliphatic rings. The highest BCUT2D eigenvalue weighted by Crippen LogP contribution is 2.39. The van der Waals surface area contributed by atoms with Gasteiger partial charge in [-0.3, -0.25) is 0 Å². The van der Waals surface area contributed by atoms with E-state index in [1.165, 1.54) is 31.2 Å². The van der Waals surface area contributed by atoms with Crippen LogP contribution in [0.1, 0.15) is 23.6 Å². The van der Waals surface area contributed by atoms with Crippen LogP contribution in [0.15, 0.2) is 42.5 Å². The van der Waals surface area contributed by atoms with Gasteiger partial charge in [-0.25, -0.2) is 0 Å². The first-order valence-corrected chi connectivity index (χ1v) is 10.0. The van der Waals surface area contributed by atoms with Gasteiger partial charge in [-0.05, 0) is 25.1 Å². The Morgan fingerprint density at radius 1 is 1.14 bits per heavy atom. The van der Waals surface area contributed by atoms with Gasteiger partial charge in [-0.2, -0.15) is 26.9 Å². The van der Waals surface area contributed by atoms with Crippen molar-refractivity contribution in [2.24, 2.45) is 0 Å². The molecule has 0 atom stereocenters. The van der Waals surface area contributed by atoms with Gasteiger partial charge in [0.25, 0.3) is 0 Å². The Hall–Kier alpha value is -2.21. The Bertz CT molecular complexity index is 1070. The highest BCUT2D eigenvalue weighted by Gasteiger charge is 2.36. The lowest BCUT2D eigenvalue weighted by Gasteiger charge is -2.17. The number of rotatable bonds is 5. The molecule has 148 valence electrons. The van der Waals surface area contributed by atoms with Gasteiger partial charge >= 0.3 is 16.3 Å². The molecule has 4 nitrogen and oxygen atoms in total. The van der Waals surface area contributed by atoms with Crippen LogP contribution in [0.5, 0.6) is 0 Å². The van der Waals surface area contributed by atoms with Crippen LogP contribution >= 0.6 is 23.2 Å². The van der Waals surface area contributed by atoms with E-state index in [1.807, 2.05) is 0 Å². The molecule has 0 aliphatic carbocycles. The number of nitriles is 1. The third-order valence-corrected chi connectivity index (χ3v) is 5.26. The summed E-state index contributed by atoms with van der Waals surface area (Å²) >= 11 is 11.9. The van der Waals surface area contributed by atoms with Crippen LogP contribution in [-0.2, 0) is 20.5 Å². The van der Waals surface area contributed by atoms with E-state index in [-0.39, 0.29) is 15.6 Å². The molecule has 0 heterocycles. The third kappa shape index (κ3) is 4.98. The van der Waals surface area contributed by atoms with Crippen molar-refractivity contribution in [1.82, 2.24) is 0 Å². The van der Waals surface area contributed by atoms with E-state index < -0.39 is 44.5 Å². The number of alkyl halides is 3. The fourth-order valence-corrected chi connectivity index (χ4v) is 3.31. The zero-order chi connectivity index (χ0) is 21.1. The maximum atomic E-state index is 13.5. The van der Waals surface area contributed by atoms with Crippen LogP contribution in [0.2, 0.25) is 10.0 Å². The second-order valence-corrected chi connectivity index (χ2v) is 8.12. The highest BCUT2D eigenvalue weighted by molar-refractivity contribution is 7.86. The van der Waals surface area contributed by atoms with E-state index in [0.29, 0.717) is 0 Å². The molecule has 0 aliphatic heterocycles. The molecule has 0 saturated heterocycles. The molecule has 0 bridgehead atoms. The molecule has 2 rings (SSSR count). The minimum absolute atomic E-state index is 0.0214. The molecule has 28 heavy (non-hydrogen) atoms. The fraction of sp³-hybridized carbons (Fsp3) is 0.167. The second-order valence-electron chi connectivity index (χ2n) is 5.41. The van der Waals surface area contributed by atoms with Crippen LogP contribution < -0.4 is 0 Å². The lowest BCUT2D eigenvalue weighted by atomic mass is 9.98. The Morgan fingerprint density at radius 3 is 2.32 bits per heavy atom. The highest BCUT2D eigenvalue weighted by atomic mass is 35.5. The lowest BCUT2D eigenvalue weighted by molar-refractivity contribution is -0.137. The number of halogens is 5. The molecule has 0 amide bonds. The van der Waals surface area contributed by atoms with Crippen LogP contribution in [0.25, 0.3) is 11.3 Å². The number of hydrogen-bond acceptors (Lipinski definition) is 4. The lowest BCUT2D eigenvalue weighted by Crippen LogP contribution is -2.14. The summed E-state index contributed by atoms with van der Waals surface area (Å²) in [6, 6.07) is 9.81. The van der Waals surface area contributed by atoms with E-state index >= 15 is 0 Å². The standard InChI is InChI=1S/C18H12Cl2F3NO3S/c1-2-28(25,26)27-17(13-5-3-4-6-15(13)18(21,22)23)14(10-24)12-8-7-11(19)9-16(12)20/h3-9H,2H2,1H3/b17-14+. The number of nitrogens with zero attached hydrogens (tertiary/aromatic N) is 1. The molecule has 0 aromatic heterocycles. The predicted molar refractivity (Wildman–Crippen MR) is 101 cm³/mol. The van der Waals surface area contributed by atoms with Crippen LogP contribution in [0.3, 0.4) is 0 Å². The molecule has 0 spiro atoms. The Labute approximate surface area is 169 Å². The summed E-state index contributed by atoms with van der Waals surface area (Å²) in [6.07, 6.45) is -4.81. The van der Waals surface area contributed by atoms with Crippen molar-refractivity contribution >= 4 is 44.7 Å². The van der Waals surface area contributed by atoms with Crippen molar-refractivity contribution in [2.45, 2.75) is 13.1 Å². The molecule has 2 aromatic rings. The summed E-state index contributed by atoms with van der Waals surface area (Å²) in [5, 5.41) is 9.79. The van der Waals surface area contributed by atoms with E-state index in [1.54, 1.807) is 6.07 Å². The van der Waals surface area contributed by atoms with Gasteiger partial charge in [0.05, 0.1) is 16.3 Å². The smallest absolute Gasteiger partial charge is 0.380 e. The summed E-state index contributed by atoms with van der Waals surface area (Å²) in [4.78, 5) is 0. The van der Waals surface area contributed by atoms with Gasteiger partial charge in [0.1, 0.15) is 11.6 Å². The van der Waals surface area contributed by atoms with E-state index in [0.717, 1.165) is 18.2 Å². The minimum atomic E-state index is -4.81. The Kier molecular flexibility index (Phi) is 6.65. The average molecular weight is 450 g/mol. The van der Waals surface area contributed by atoms with Crippen molar-refractivity contribution in [2.75, 3.05) is 5.75 Å². The maximum Gasteiger partial charge on any atom is 0.417 e. The molecule has 0 N–H and O–H groups in total. The van der Waals surface area contributed by atoms with Gasteiger partial charge in [0.2, 0.25) is 0 Å². The van der Waals surface area contributed by atoms with Crippen LogP contribution in [-0.4, -0.2) is 14.2 Å². The van der Waals surface area contributed by atoms with Crippen LogP contribution in [0, 0.1) is 11.3 Å². The van der Waals surface area contributed by atoms with E-state index in [4.69, 9.17) is 27.4 Å². The van der Waals surface area contributed by atoms with Gasteiger partial charge < -0.3 is 4.18 Å². The van der Waals surface area contributed by atoms with Crippen molar-refractivity contribution in [3.63, 3.8) is 0 Å². The van der Waals surface area contributed by atoms with Crippen molar-refractivity contribution < 1.29 is 25.8 Å². The molecular formula is C18H12Cl2F3NO3S. The zero-order valence-electron chi connectivity index (χ0n) is 14.2. The van der Waals surface area contributed by atoms with E-state index in [9.17, 15) is 26.9 Å². The molecular weight excluding hydrogens is 438 g/mol. The molecule has 0 radical (unpaired) electrons. The van der Waals surface area contributed by atoms with Gasteiger partial charge in [0, 0.05) is 16.1 Å². The Morgan fingerprint density at radius 2 is 1.79 bits per heavy atom. The second kappa shape index (κ2) is 8.43. The topological polar surface area (TPSA) is 67.2 Å². The normalized spacial score (nSPS) is 12.9. The summed E-state index contributed by atoms with van der Waals surface area (Å²) in [6.45, 7) is 1.25. The summed E-state index contributed by atoms with van der Waals surface area (Å²) in [5.41, 5.74) is -2.26. The van der Waals surface area contributed by atoms with Crippen molar-refractivity contribution in [3.05, 3.63) is 69.2 Å². The quantitative estimate of drug-likeness (QED) is 0.251. The molecule has 2 aromatic carbocycles.